The molecule has 0 unspecified atom stereocenters. The SMILES string of the molecule is Fc1ccc(F)c(CN2CC(c3nc(-c4cccnc4)no3)C2)c1. The molecule has 1 aromatic carbocycles. The molecular formula is C17H14F2N4O. The van der Waals surface area contributed by atoms with E-state index in [1.807, 2.05) is 17.0 Å². The predicted octanol–water partition coefficient (Wildman–Crippen LogP) is 3.01. The lowest BCUT2D eigenvalue weighted by atomic mass is 9.99. The Labute approximate surface area is 136 Å². The van der Waals surface area contributed by atoms with Crippen molar-refractivity contribution in [1.82, 2.24) is 20.0 Å². The Hall–Kier alpha value is -2.67. The molecule has 1 aliphatic heterocycles. The van der Waals surface area contributed by atoms with E-state index in [2.05, 4.69) is 15.1 Å². The number of pyridine rings is 1. The molecule has 3 aromatic rings. The first-order chi connectivity index (χ1) is 11.7. The van der Waals surface area contributed by atoms with E-state index in [1.165, 1.54) is 6.07 Å². The van der Waals surface area contributed by atoms with Crippen molar-refractivity contribution in [2.24, 2.45) is 0 Å². The number of rotatable bonds is 4. The van der Waals surface area contributed by atoms with Crippen molar-refractivity contribution in [3.05, 3.63) is 65.8 Å². The molecule has 4 rings (SSSR count). The standard InChI is InChI=1S/C17H14F2N4O/c18-14-3-4-15(19)12(6-14)8-23-9-13(10-23)17-21-16(22-24-17)11-2-1-5-20-7-11/h1-7,13H,8-10H2. The van der Waals surface area contributed by atoms with Crippen LogP contribution in [0.2, 0.25) is 0 Å². The molecule has 0 amide bonds. The maximum absolute atomic E-state index is 13.7. The zero-order valence-electron chi connectivity index (χ0n) is 12.7. The Kier molecular flexibility index (Phi) is 3.78. The Morgan fingerprint density at radius 3 is 2.88 bits per heavy atom. The summed E-state index contributed by atoms with van der Waals surface area (Å²) < 4.78 is 32.2. The fourth-order valence-corrected chi connectivity index (χ4v) is 2.77. The van der Waals surface area contributed by atoms with Crippen LogP contribution in [0.1, 0.15) is 17.4 Å². The maximum atomic E-state index is 13.7. The number of hydrogen-bond donors (Lipinski definition) is 0. The molecule has 7 heteroatoms. The van der Waals surface area contributed by atoms with E-state index < -0.39 is 11.6 Å². The van der Waals surface area contributed by atoms with Crippen LogP contribution in [-0.2, 0) is 6.54 Å². The molecule has 0 saturated carbocycles. The third-order valence-electron chi connectivity index (χ3n) is 4.07. The Bertz CT molecular complexity index is 847. The lowest BCUT2D eigenvalue weighted by Crippen LogP contribution is -2.44. The fourth-order valence-electron chi connectivity index (χ4n) is 2.77. The topological polar surface area (TPSA) is 55.1 Å². The second-order valence-electron chi connectivity index (χ2n) is 5.82. The largest absolute Gasteiger partial charge is 0.339 e. The van der Waals surface area contributed by atoms with E-state index in [0.29, 0.717) is 36.9 Å². The highest BCUT2D eigenvalue weighted by Crippen LogP contribution is 2.29. The summed E-state index contributed by atoms with van der Waals surface area (Å²) in [5, 5.41) is 3.97. The van der Waals surface area contributed by atoms with Gasteiger partial charge in [-0.3, -0.25) is 9.88 Å². The van der Waals surface area contributed by atoms with Gasteiger partial charge in [0, 0.05) is 43.2 Å². The average molecular weight is 328 g/mol. The van der Waals surface area contributed by atoms with Gasteiger partial charge in [0.25, 0.3) is 0 Å². The van der Waals surface area contributed by atoms with Crippen LogP contribution in [0.3, 0.4) is 0 Å². The van der Waals surface area contributed by atoms with Gasteiger partial charge < -0.3 is 4.52 Å². The summed E-state index contributed by atoms with van der Waals surface area (Å²) in [5.41, 5.74) is 1.15. The monoisotopic (exact) mass is 328 g/mol. The van der Waals surface area contributed by atoms with Gasteiger partial charge in [0.15, 0.2) is 0 Å². The highest BCUT2D eigenvalue weighted by Gasteiger charge is 2.33. The zero-order chi connectivity index (χ0) is 16.5. The average Bonchev–Trinajstić information content (AvgIpc) is 3.04. The molecule has 0 bridgehead atoms. The normalized spacial score (nSPS) is 15.4. The van der Waals surface area contributed by atoms with Gasteiger partial charge in [0.1, 0.15) is 11.6 Å². The summed E-state index contributed by atoms with van der Waals surface area (Å²) in [7, 11) is 0. The number of nitrogens with zero attached hydrogens (tertiary/aromatic N) is 4. The molecule has 1 saturated heterocycles. The second kappa shape index (κ2) is 6.09. The first-order valence-electron chi connectivity index (χ1n) is 7.59. The van der Waals surface area contributed by atoms with Crippen molar-refractivity contribution in [1.29, 1.82) is 0 Å². The Morgan fingerprint density at radius 2 is 2.08 bits per heavy atom. The molecule has 5 nitrogen and oxygen atoms in total. The van der Waals surface area contributed by atoms with Crippen molar-refractivity contribution >= 4 is 0 Å². The van der Waals surface area contributed by atoms with Gasteiger partial charge in [-0.15, -0.1) is 0 Å². The van der Waals surface area contributed by atoms with Crippen molar-refractivity contribution in [3.8, 4) is 11.4 Å². The summed E-state index contributed by atoms with van der Waals surface area (Å²) in [6, 6.07) is 7.18. The summed E-state index contributed by atoms with van der Waals surface area (Å²) in [4.78, 5) is 10.4. The van der Waals surface area contributed by atoms with Gasteiger partial charge >= 0.3 is 0 Å². The molecule has 0 atom stereocenters. The van der Waals surface area contributed by atoms with Gasteiger partial charge in [-0.1, -0.05) is 5.16 Å². The number of likely N-dealkylation sites (tertiary alicyclic amines) is 1. The lowest BCUT2D eigenvalue weighted by Gasteiger charge is -2.37. The van der Waals surface area contributed by atoms with Gasteiger partial charge in [-0.2, -0.15) is 4.98 Å². The third kappa shape index (κ3) is 2.90. The fraction of sp³-hybridized carbons (Fsp3) is 0.235. The zero-order valence-corrected chi connectivity index (χ0v) is 12.7. The quantitative estimate of drug-likeness (QED) is 0.737. The van der Waals surface area contributed by atoms with Crippen LogP contribution in [-0.4, -0.2) is 33.1 Å². The molecule has 3 heterocycles. The molecule has 2 aromatic heterocycles. The lowest BCUT2D eigenvalue weighted by molar-refractivity contribution is 0.116. The summed E-state index contributed by atoms with van der Waals surface area (Å²) >= 11 is 0. The Balaban J connectivity index is 1.39. The number of hydrogen-bond acceptors (Lipinski definition) is 5. The van der Waals surface area contributed by atoms with Crippen LogP contribution in [0.5, 0.6) is 0 Å². The van der Waals surface area contributed by atoms with Crippen LogP contribution in [0.4, 0.5) is 8.78 Å². The highest BCUT2D eigenvalue weighted by atomic mass is 19.1. The van der Waals surface area contributed by atoms with E-state index in [-0.39, 0.29) is 5.92 Å². The van der Waals surface area contributed by atoms with Gasteiger partial charge in [-0.25, -0.2) is 8.78 Å². The van der Waals surface area contributed by atoms with E-state index in [9.17, 15) is 8.78 Å². The van der Waals surface area contributed by atoms with E-state index in [4.69, 9.17) is 4.52 Å². The molecule has 24 heavy (non-hydrogen) atoms. The molecule has 0 aliphatic carbocycles. The number of halogens is 2. The third-order valence-corrected chi connectivity index (χ3v) is 4.07. The molecule has 0 radical (unpaired) electrons. The van der Waals surface area contributed by atoms with E-state index >= 15 is 0 Å². The summed E-state index contributed by atoms with van der Waals surface area (Å²) in [5.74, 6) is 0.357. The molecule has 0 spiro atoms. The summed E-state index contributed by atoms with van der Waals surface area (Å²) in [6.07, 6.45) is 3.36. The molecule has 0 N–H and O–H groups in total. The van der Waals surface area contributed by atoms with Gasteiger partial charge in [0.2, 0.25) is 11.7 Å². The molecule has 1 fully saturated rings. The smallest absolute Gasteiger partial charge is 0.232 e. The van der Waals surface area contributed by atoms with Crippen LogP contribution >= 0.6 is 0 Å². The van der Waals surface area contributed by atoms with Crippen molar-refractivity contribution < 1.29 is 13.3 Å². The second-order valence-corrected chi connectivity index (χ2v) is 5.82. The number of benzene rings is 1. The van der Waals surface area contributed by atoms with Crippen LogP contribution < -0.4 is 0 Å². The minimum atomic E-state index is -0.429. The van der Waals surface area contributed by atoms with E-state index in [1.54, 1.807) is 12.4 Å². The van der Waals surface area contributed by atoms with Crippen LogP contribution in [0.25, 0.3) is 11.4 Å². The van der Waals surface area contributed by atoms with Crippen LogP contribution in [0, 0.1) is 11.6 Å². The van der Waals surface area contributed by atoms with Gasteiger partial charge in [0.05, 0.1) is 5.92 Å². The predicted molar refractivity (Wildman–Crippen MR) is 81.9 cm³/mol. The molecule has 122 valence electrons. The van der Waals surface area contributed by atoms with Crippen molar-refractivity contribution in [3.63, 3.8) is 0 Å². The first-order valence-corrected chi connectivity index (χ1v) is 7.59. The molecule has 1 aliphatic rings. The minimum absolute atomic E-state index is 0.111. The molecular weight excluding hydrogens is 314 g/mol. The maximum Gasteiger partial charge on any atom is 0.232 e. The summed E-state index contributed by atoms with van der Waals surface area (Å²) in [6.45, 7) is 1.71. The van der Waals surface area contributed by atoms with Gasteiger partial charge in [-0.05, 0) is 30.3 Å². The highest BCUT2D eigenvalue weighted by molar-refractivity contribution is 5.51. The van der Waals surface area contributed by atoms with E-state index in [0.717, 1.165) is 17.7 Å². The number of aromatic nitrogens is 3. The van der Waals surface area contributed by atoms with Crippen molar-refractivity contribution in [2.45, 2.75) is 12.5 Å². The minimum Gasteiger partial charge on any atom is -0.339 e. The Morgan fingerprint density at radius 1 is 1.21 bits per heavy atom. The first kappa shape index (κ1) is 14.9. The van der Waals surface area contributed by atoms with Crippen LogP contribution in [0.15, 0.2) is 47.2 Å². The van der Waals surface area contributed by atoms with Crippen molar-refractivity contribution in [2.75, 3.05) is 13.1 Å².